The Kier molecular flexibility index (Phi) is 6.84. The zero-order chi connectivity index (χ0) is 14.3. The first-order valence-corrected chi connectivity index (χ1v) is 6.59. The molecule has 19 heavy (non-hydrogen) atoms. The minimum Gasteiger partial charge on any atom is -0.495 e. The van der Waals surface area contributed by atoms with Gasteiger partial charge < -0.3 is 9.47 Å². The molecule has 1 aromatic carbocycles. The summed E-state index contributed by atoms with van der Waals surface area (Å²) < 4.78 is 10.3. The fraction of sp³-hybridized carbons (Fsp3) is 0.500. The minimum atomic E-state index is 0.0311. The highest BCUT2D eigenvalue weighted by Crippen LogP contribution is 2.25. The van der Waals surface area contributed by atoms with E-state index in [4.69, 9.17) is 21.1 Å². The summed E-state index contributed by atoms with van der Waals surface area (Å²) in [6.45, 7) is 4.34. The average molecular weight is 286 g/mol. The Bertz CT molecular complexity index is 423. The number of ether oxygens (including phenoxy) is 2. The fourth-order valence-electron chi connectivity index (χ4n) is 1.62. The summed E-state index contributed by atoms with van der Waals surface area (Å²) >= 11 is 6.00. The first-order chi connectivity index (χ1) is 9.08. The van der Waals surface area contributed by atoms with Gasteiger partial charge in [0.05, 0.1) is 25.3 Å². The molecule has 0 heterocycles. The van der Waals surface area contributed by atoms with Crippen LogP contribution < -0.4 is 4.74 Å². The largest absolute Gasteiger partial charge is 0.495 e. The highest BCUT2D eigenvalue weighted by atomic mass is 35.5. The summed E-state index contributed by atoms with van der Waals surface area (Å²) in [7, 11) is 3.44. The number of methoxy groups -OCH3 is 1. The Labute approximate surface area is 119 Å². The molecule has 4 nitrogen and oxygen atoms in total. The second kappa shape index (κ2) is 8.15. The second-order valence-electron chi connectivity index (χ2n) is 4.21. The van der Waals surface area contributed by atoms with Crippen LogP contribution in [0.4, 0.5) is 0 Å². The lowest BCUT2D eigenvalue weighted by atomic mass is 10.1. The Morgan fingerprint density at radius 3 is 2.74 bits per heavy atom. The maximum atomic E-state index is 12.1. The van der Waals surface area contributed by atoms with Crippen LogP contribution in [0, 0.1) is 0 Å². The first kappa shape index (κ1) is 16.0. The van der Waals surface area contributed by atoms with E-state index >= 15 is 0 Å². The van der Waals surface area contributed by atoms with Crippen LogP contribution in [0.2, 0.25) is 5.02 Å². The molecule has 0 saturated carbocycles. The molecule has 0 radical (unpaired) electrons. The molecule has 0 aromatic heterocycles. The molecule has 0 aliphatic heterocycles. The lowest BCUT2D eigenvalue weighted by Gasteiger charge is -2.15. The third kappa shape index (κ3) is 5.19. The molecule has 0 unspecified atom stereocenters. The number of rotatable bonds is 8. The van der Waals surface area contributed by atoms with Crippen molar-refractivity contribution >= 4 is 17.4 Å². The number of carbonyl (C=O) groups is 1. The van der Waals surface area contributed by atoms with Gasteiger partial charge in [0.2, 0.25) is 0 Å². The van der Waals surface area contributed by atoms with Crippen LogP contribution in [0.25, 0.3) is 0 Å². The molecule has 0 aliphatic rings. The van der Waals surface area contributed by atoms with Crippen molar-refractivity contribution in [3.8, 4) is 5.75 Å². The van der Waals surface area contributed by atoms with Gasteiger partial charge in [-0.1, -0.05) is 11.6 Å². The van der Waals surface area contributed by atoms with E-state index < -0.39 is 0 Å². The third-order valence-electron chi connectivity index (χ3n) is 2.71. The molecule has 1 rings (SSSR count). The number of hydrogen-bond donors (Lipinski definition) is 0. The number of Topliss-reactive ketones (excluding diaryl/α,β-unsaturated/α-hetero) is 1. The number of halogens is 1. The molecule has 0 bridgehead atoms. The van der Waals surface area contributed by atoms with Crippen molar-refractivity contribution in [2.75, 3.05) is 40.5 Å². The fourth-order valence-corrected chi connectivity index (χ4v) is 1.88. The standard InChI is InChI=1S/C14H20ClNO3/c1-4-19-8-7-16(2)10-13(17)11-5-6-14(18-3)12(15)9-11/h5-6,9H,4,7-8,10H2,1-3H3. The Balaban J connectivity index is 2.55. The molecule has 0 N–H and O–H groups in total. The smallest absolute Gasteiger partial charge is 0.176 e. The van der Waals surface area contributed by atoms with Gasteiger partial charge >= 0.3 is 0 Å². The van der Waals surface area contributed by atoms with Gasteiger partial charge in [0.15, 0.2) is 5.78 Å². The molecule has 0 spiro atoms. The van der Waals surface area contributed by atoms with Crippen LogP contribution >= 0.6 is 11.6 Å². The Morgan fingerprint density at radius 1 is 1.42 bits per heavy atom. The van der Waals surface area contributed by atoms with Crippen LogP contribution in [0.5, 0.6) is 5.75 Å². The van der Waals surface area contributed by atoms with Crippen LogP contribution in [0.3, 0.4) is 0 Å². The zero-order valence-corrected chi connectivity index (χ0v) is 12.4. The molecule has 0 fully saturated rings. The van der Waals surface area contributed by atoms with Gasteiger partial charge in [-0.2, -0.15) is 0 Å². The molecule has 106 valence electrons. The van der Waals surface area contributed by atoms with E-state index in [0.29, 0.717) is 36.1 Å². The molecule has 5 heteroatoms. The van der Waals surface area contributed by atoms with Crippen molar-refractivity contribution in [3.05, 3.63) is 28.8 Å². The number of hydrogen-bond acceptors (Lipinski definition) is 4. The van der Waals surface area contributed by atoms with Crippen molar-refractivity contribution in [1.29, 1.82) is 0 Å². The van der Waals surface area contributed by atoms with Gasteiger partial charge in [0.1, 0.15) is 5.75 Å². The lowest BCUT2D eigenvalue weighted by Crippen LogP contribution is -2.29. The van der Waals surface area contributed by atoms with Gasteiger partial charge in [-0.25, -0.2) is 0 Å². The van der Waals surface area contributed by atoms with E-state index in [2.05, 4.69) is 0 Å². The van der Waals surface area contributed by atoms with Crippen molar-refractivity contribution in [1.82, 2.24) is 4.90 Å². The van der Waals surface area contributed by atoms with Crippen LogP contribution in [-0.2, 0) is 4.74 Å². The first-order valence-electron chi connectivity index (χ1n) is 6.21. The summed E-state index contributed by atoms with van der Waals surface area (Å²) in [4.78, 5) is 14.0. The van der Waals surface area contributed by atoms with Gasteiger partial charge in [-0.05, 0) is 32.2 Å². The summed E-state index contributed by atoms with van der Waals surface area (Å²) in [6.07, 6.45) is 0. The van der Waals surface area contributed by atoms with Gasteiger partial charge in [0, 0.05) is 18.7 Å². The summed E-state index contributed by atoms with van der Waals surface area (Å²) in [5.41, 5.74) is 0.592. The van der Waals surface area contributed by atoms with Crippen molar-refractivity contribution in [3.63, 3.8) is 0 Å². The second-order valence-corrected chi connectivity index (χ2v) is 4.61. The van der Waals surface area contributed by atoms with E-state index in [-0.39, 0.29) is 5.78 Å². The number of carbonyl (C=O) groups excluding carboxylic acids is 1. The zero-order valence-electron chi connectivity index (χ0n) is 11.6. The van der Waals surface area contributed by atoms with Crippen LogP contribution in [0.15, 0.2) is 18.2 Å². The normalized spacial score (nSPS) is 10.8. The van der Waals surface area contributed by atoms with E-state index in [1.54, 1.807) is 25.3 Å². The van der Waals surface area contributed by atoms with E-state index in [1.807, 2.05) is 18.9 Å². The lowest BCUT2D eigenvalue weighted by molar-refractivity contribution is 0.0896. The topological polar surface area (TPSA) is 38.8 Å². The molecule has 1 aromatic rings. The van der Waals surface area contributed by atoms with Crippen molar-refractivity contribution in [2.45, 2.75) is 6.92 Å². The van der Waals surface area contributed by atoms with Gasteiger partial charge in [-0.15, -0.1) is 0 Å². The molecular formula is C14H20ClNO3. The number of nitrogens with zero attached hydrogens (tertiary/aromatic N) is 1. The maximum absolute atomic E-state index is 12.1. The number of ketones is 1. The highest BCUT2D eigenvalue weighted by molar-refractivity contribution is 6.32. The SMILES string of the molecule is CCOCCN(C)CC(=O)c1ccc(OC)c(Cl)c1. The quantitative estimate of drug-likeness (QED) is 0.543. The van der Waals surface area contributed by atoms with Crippen LogP contribution in [0.1, 0.15) is 17.3 Å². The van der Waals surface area contributed by atoms with Gasteiger partial charge in [0.25, 0.3) is 0 Å². The van der Waals surface area contributed by atoms with E-state index in [9.17, 15) is 4.79 Å². The Hall–Kier alpha value is -1.10. The van der Waals surface area contributed by atoms with Crippen molar-refractivity contribution in [2.24, 2.45) is 0 Å². The van der Waals surface area contributed by atoms with Crippen molar-refractivity contribution < 1.29 is 14.3 Å². The number of likely N-dealkylation sites (N-methyl/N-ethyl adjacent to an activating group) is 1. The summed E-state index contributed by atoms with van der Waals surface area (Å²) in [6, 6.07) is 5.07. The molecule has 0 atom stereocenters. The molecule has 0 saturated heterocycles. The third-order valence-corrected chi connectivity index (χ3v) is 3.00. The summed E-state index contributed by atoms with van der Waals surface area (Å²) in [5.74, 6) is 0.603. The molecule has 0 aliphatic carbocycles. The van der Waals surface area contributed by atoms with E-state index in [1.165, 1.54) is 0 Å². The molecule has 0 amide bonds. The predicted octanol–water partition coefficient (Wildman–Crippen LogP) is 2.50. The average Bonchev–Trinajstić information content (AvgIpc) is 2.38. The van der Waals surface area contributed by atoms with Crippen LogP contribution in [-0.4, -0.2) is 51.1 Å². The number of benzene rings is 1. The van der Waals surface area contributed by atoms with Gasteiger partial charge in [-0.3, -0.25) is 9.69 Å². The molecular weight excluding hydrogens is 266 g/mol. The highest BCUT2D eigenvalue weighted by Gasteiger charge is 2.11. The minimum absolute atomic E-state index is 0.0311. The monoisotopic (exact) mass is 285 g/mol. The maximum Gasteiger partial charge on any atom is 0.176 e. The Morgan fingerprint density at radius 2 is 2.16 bits per heavy atom. The predicted molar refractivity (Wildman–Crippen MR) is 76.3 cm³/mol. The summed E-state index contributed by atoms with van der Waals surface area (Å²) in [5, 5.41) is 0.449. The van der Waals surface area contributed by atoms with E-state index in [0.717, 1.165) is 6.54 Å².